The van der Waals surface area contributed by atoms with Crippen molar-refractivity contribution in [3.8, 4) is 0 Å². The fraction of sp³-hybridized carbons (Fsp3) is 0.316. The second-order valence-corrected chi connectivity index (χ2v) is 8.35. The number of anilines is 2. The lowest BCUT2D eigenvalue weighted by atomic mass is 9.93. The van der Waals surface area contributed by atoms with Crippen LogP contribution in [0, 0.1) is 0 Å². The van der Waals surface area contributed by atoms with Crippen LogP contribution in [-0.4, -0.2) is 18.4 Å². The van der Waals surface area contributed by atoms with Gasteiger partial charge in [0, 0.05) is 0 Å². The summed E-state index contributed by atoms with van der Waals surface area (Å²) in [6.45, 7) is 8.18. The van der Waals surface area contributed by atoms with Crippen LogP contribution in [0.5, 0.6) is 0 Å². The van der Waals surface area contributed by atoms with Crippen LogP contribution < -0.4 is 9.44 Å². The Hall–Kier alpha value is -2.54. The summed E-state index contributed by atoms with van der Waals surface area (Å²) in [6.07, 6.45) is 0. The van der Waals surface area contributed by atoms with E-state index in [9.17, 15) is 8.42 Å². The quantitative estimate of drug-likeness (QED) is 0.592. The van der Waals surface area contributed by atoms with Crippen molar-refractivity contribution in [2.24, 2.45) is 0 Å². The van der Waals surface area contributed by atoms with E-state index >= 15 is 0 Å². The number of para-hydroxylation sites is 3. The topological polar surface area (TPSA) is 86.9 Å². The van der Waals surface area contributed by atoms with Gasteiger partial charge < -0.3 is 4.98 Å². The maximum absolute atomic E-state index is 12.7. The molecule has 0 fully saturated rings. The third-order valence-electron chi connectivity index (χ3n) is 4.23. The molecule has 1 heterocycles. The summed E-state index contributed by atoms with van der Waals surface area (Å²) in [4.78, 5) is 7.24. The molecule has 0 aliphatic carbocycles. The summed E-state index contributed by atoms with van der Waals surface area (Å²) < 4.78 is 30.6. The molecule has 0 atom stereocenters. The predicted octanol–water partition coefficient (Wildman–Crippen LogP) is 4.58. The summed E-state index contributed by atoms with van der Waals surface area (Å²) in [5, 5.41) is 0. The molecular weight excluding hydrogens is 348 g/mol. The first-order valence-corrected chi connectivity index (χ1v) is 10.1. The Morgan fingerprint density at radius 3 is 2.08 bits per heavy atom. The first kappa shape index (κ1) is 18.3. The van der Waals surface area contributed by atoms with Crippen molar-refractivity contribution in [3.63, 3.8) is 0 Å². The van der Waals surface area contributed by atoms with Crippen molar-refractivity contribution >= 4 is 32.9 Å². The fourth-order valence-electron chi connectivity index (χ4n) is 2.96. The minimum atomic E-state index is -3.84. The van der Waals surface area contributed by atoms with E-state index in [2.05, 4.69) is 19.4 Å². The number of benzene rings is 2. The van der Waals surface area contributed by atoms with Crippen molar-refractivity contribution in [2.75, 3.05) is 9.44 Å². The first-order valence-electron chi connectivity index (χ1n) is 8.65. The Morgan fingerprint density at radius 2 is 1.50 bits per heavy atom. The van der Waals surface area contributed by atoms with Gasteiger partial charge in [0.05, 0.1) is 16.7 Å². The molecule has 3 rings (SSSR count). The minimum Gasteiger partial charge on any atom is -0.323 e. The van der Waals surface area contributed by atoms with Crippen LogP contribution in [0.25, 0.3) is 11.0 Å². The molecule has 0 amide bonds. The summed E-state index contributed by atoms with van der Waals surface area (Å²) in [6, 6.07) is 13.3. The zero-order chi connectivity index (χ0) is 18.9. The Bertz CT molecular complexity index is 964. The van der Waals surface area contributed by atoms with Gasteiger partial charge in [-0.1, -0.05) is 58.0 Å². The van der Waals surface area contributed by atoms with Crippen molar-refractivity contribution in [3.05, 3.63) is 53.6 Å². The van der Waals surface area contributed by atoms with Gasteiger partial charge in [-0.25, -0.2) is 9.71 Å². The van der Waals surface area contributed by atoms with Crippen LogP contribution in [0.2, 0.25) is 0 Å². The molecule has 7 heteroatoms. The number of fused-ring (bicyclic) bond motifs is 1. The van der Waals surface area contributed by atoms with Gasteiger partial charge in [-0.15, -0.1) is 0 Å². The molecule has 0 unspecified atom stereocenters. The Labute approximate surface area is 154 Å². The zero-order valence-electron chi connectivity index (χ0n) is 15.4. The molecule has 0 radical (unpaired) electrons. The van der Waals surface area contributed by atoms with E-state index < -0.39 is 10.2 Å². The molecule has 0 aliphatic heterocycles. The van der Waals surface area contributed by atoms with Gasteiger partial charge in [0.25, 0.3) is 0 Å². The van der Waals surface area contributed by atoms with Crippen LogP contribution in [0.3, 0.4) is 0 Å². The summed E-state index contributed by atoms with van der Waals surface area (Å²) in [7, 11) is -3.84. The lowest BCUT2D eigenvalue weighted by molar-refractivity contribution is 0.605. The predicted molar refractivity (Wildman–Crippen MR) is 107 cm³/mol. The lowest BCUT2D eigenvalue weighted by Crippen LogP contribution is -2.24. The van der Waals surface area contributed by atoms with Gasteiger partial charge in [-0.3, -0.25) is 4.72 Å². The molecule has 0 aliphatic rings. The van der Waals surface area contributed by atoms with Gasteiger partial charge >= 0.3 is 10.2 Å². The number of imidazole rings is 1. The Morgan fingerprint density at radius 1 is 0.885 bits per heavy atom. The first-order chi connectivity index (χ1) is 12.3. The van der Waals surface area contributed by atoms with Gasteiger partial charge in [-0.05, 0) is 35.1 Å². The Balaban J connectivity index is 1.94. The van der Waals surface area contributed by atoms with E-state index in [4.69, 9.17) is 0 Å². The third-order valence-corrected chi connectivity index (χ3v) is 5.16. The second-order valence-electron chi connectivity index (χ2n) is 6.93. The molecule has 26 heavy (non-hydrogen) atoms. The number of nitrogens with zero attached hydrogens (tertiary/aromatic N) is 1. The number of hydrogen-bond acceptors (Lipinski definition) is 3. The van der Waals surface area contributed by atoms with Crippen LogP contribution in [0.4, 0.5) is 11.6 Å². The van der Waals surface area contributed by atoms with Gasteiger partial charge in [0.1, 0.15) is 0 Å². The summed E-state index contributed by atoms with van der Waals surface area (Å²) in [5.41, 5.74) is 4.05. The average molecular weight is 372 g/mol. The molecule has 0 bridgehead atoms. The number of hydrogen-bond donors (Lipinski definition) is 3. The zero-order valence-corrected chi connectivity index (χ0v) is 16.2. The highest BCUT2D eigenvalue weighted by Crippen LogP contribution is 2.33. The minimum absolute atomic E-state index is 0.187. The molecule has 2 aromatic carbocycles. The molecule has 0 saturated carbocycles. The molecule has 0 spiro atoms. The smallest absolute Gasteiger partial charge is 0.323 e. The standard InChI is InChI=1S/C19H24N4O2S/c1-12(2)14-8-7-9-15(13(3)4)18(14)22-26(24,25)23-19-20-16-10-5-6-11-17(16)21-19/h5-13,22H,1-4H3,(H2,20,21,23). The lowest BCUT2D eigenvalue weighted by Gasteiger charge is -2.20. The average Bonchev–Trinajstić information content (AvgIpc) is 2.95. The van der Waals surface area contributed by atoms with E-state index in [0.29, 0.717) is 11.2 Å². The summed E-state index contributed by atoms with van der Waals surface area (Å²) >= 11 is 0. The number of H-pyrrole nitrogens is 1. The number of rotatable bonds is 6. The molecule has 0 saturated heterocycles. The van der Waals surface area contributed by atoms with Crippen molar-refractivity contribution in [2.45, 2.75) is 39.5 Å². The highest BCUT2D eigenvalue weighted by Gasteiger charge is 2.20. The van der Waals surface area contributed by atoms with Gasteiger partial charge in [-0.2, -0.15) is 8.42 Å². The van der Waals surface area contributed by atoms with E-state index in [1.165, 1.54) is 0 Å². The molecule has 3 aromatic rings. The SMILES string of the molecule is CC(C)c1cccc(C(C)C)c1NS(=O)(=O)Nc1nc2ccccc2[nH]1. The monoisotopic (exact) mass is 372 g/mol. The van der Waals surface area contributed by atoms with Gasteiger partial charge in [0.2, 0.25) is 5.95 Å². The van der Waals surface area contributed by atoms with Gasteiger partial charge in [0.15, 0.2) is 0 Å². The van der Waals surface area contributed by atoms with E-state index in [0.717, 1.165) is 16.6 Å². The number of nitrogens with one attached hydrogen (secondary N) is 3. The normalized spacial score (nSPS) is 12.1. The van der Waals surface area contributed by atoms with Crippen molar-refractivity contribution in [1.29, 1.82) is 0 Å². The summed E-state index contributed by atoms with van der Waals surface area (Å²) in [5.74, 6) is 0.571. The maximum Gasteiger partial charge on any atom is 0.323 e. The van der Waals surface area contributed by atoms with Crippen LogP contribution in [-0.2, 0) is 10.2 Å². The molecule has 1 aromatic heterocycles. The fourth-order valence-corrected chi connectivity index (χ4v) is 3.86. The van der Waals surface area contributed by atoms with Crippen LogP contribution >= 0.6 is 0 Å². The number of aromatic amines is 1. The Kier molecular flexibility index (Phi) is 4.91. The second kappa shape index (κ2) is 6.99. The maximum atomic E-state index is 12.7. The molecule has 6 nitrogen and oxygen atoms in total. The van der Waals surface area contributed by atoms with Crippen LogP contribution in [0.15, 0.2) is 42.5 Å². The van der Waals surface area contributed by atoms with Crippen molar-refractivity contribution in [1.82, 2.24) is 9.97 Å². The molecular formula is C19H24N4O2S. The third kappa shape index (κ3) is 3.83. The number of aromatic nitrogens is 2. The molecule has 3 N–H and O–H groups in total. The van der Waals surface area contributed by atoms with E-state index in [1.54, 1.807) is 0 Å². The van der Waals surface area contributed by atoms with Crippen molar-refractivity contribution < 1.29 is 8.42 Å². The molecule has 138 valence electrons. The van der Waals surface area contributed by atoms with E-state index in [-0.39, 0.29) is 17.8 Å². The largest absolute Gasteiger partial charge is 0.323 e. The van der Waals surface area contributed by atoms with E-state index in [1.807, 2.05) is 70.2 Å². The highest BCUT2D eigenvalue weighted by atomic mass is 32.2. The van der Waals surface area contributed by atoms with Crippen LogP contribution in [0.1, 0.15) is 50.7 Å². The highest BCUT2D eigenvalue weighted by molar-refractivity contribution is 7.94.